The number of hydrogen-bond acceptors (Lipinski definition) is 6. The molecule has 1 aromatic carbocycles. The molecule has 0 aromatic heterocycles. The summed E-state index contributed by atoms with van der Waals surface area (Å²) in [5.74, 6) is 0.774. The van der Waals surface area contributed by atoms with E-state index in [1.165, 1.54) is 0 Å². The Bertz CT molecular complexity index is 991. The molecule has 1 aromatic rings. The Morgan fingerprint density at radius 3 is 2.53 bits per heavy atom. The predicted octanol–water partition coefficient (Wildman–Crippen LogP) is 1.87. The number of amides is 3. The molecule has 5 rings (SSSR count). The number of hydrogen-bond donors (Lipinski definition) is 3. The Kier molecular flexibility index (Phi) is 5.09. The van der Waals surface area contributed by atoms with Crippen molar-refractivity contribution >= 4 is 23.8 Å². The molecule has 1 saturated heterocycles. The molecule has 3 fully saturated rings. The van der Waals surface area contributed by atoms with Crippen molar-refractivity contribution in [3.8, 4) is 5.75 Å². The Hall–Kier alpha value is -2.71. The average Bonchev–Trinajstić information content (AvgIpc) is 3.53. The quantitative estimate of drug-likeness (QED) is 0.618. The lowest BCUT2D eigenvalue weighted by Crippen LogP contribution is -2.62. The average molecular weight is 440 g/mol. The van der Waals surface area contributed by atoms with Gasteiger partial charge in [0.2, 0.25) is 0 Å². The van der Waals surface area contributed by atoms with Crippen LogP contribution in [-0.2, 0) is 4.79 Å². The first kappa shape index (κ1) is 21.2. The zero-order valence-corrected chi connectivity index (χ0v) is 18.2. The minimum Gasteiger partial charge on any atom is -0.497 e. The summed E-state index contributed by atoms with van der Waals surface area (Å²) in [6.45, 7) is 1.32. The molecule has 4 aliphatic rings. The Morgan fingerprint density at radius 1 is 1.16 bits per heavy atom. The normalized spacial score (nSPS) is 33.8. The fraction of sp³-hybridized carbons (Fsp3) is 0.542. The van der Waals surface area contributed by atoms with E-state index in [2.05, 4.69) is 15.5 Å². The molecule has 1 atom stereocenters. The molecular formula is C24H29N3O5. The van der Waals surface area contributed by atoms with Crippen LogP contribution in [0.25, 0.3) is 6.08 Å². The van der Waals surface area contributed by atoms with Crippen LogP contribution in [0.1, 0.15) is 54.4 Å². The Balaban J connectivity index is 1.48. The summed E-state index contributed by atoms with van der Waals surface area (Å²) in [6.07, 6.45) is 7.38. The summed E-state index contributed by atoms with van der Waals surface area (Å²) < 4.78 is 5.33. The minimum atomic E-state index is -1.28. The maximum absolute atomic E-state index is 13.9. The van der Waals surface area contributed by atoms with Gasteiger partial charge in [0.1, 0.15) is 17.3 Å². The predicted molar refractivity (Wildman–Crippen MR) is 117 cm³/mol. The van der Waals surface area contributed by atoms with Crippen molar-refractivity contribution in [3.05, 3.63) is 35.4 Å². The molecule has 8 heteroatoms. The van der Waals surface area contributed by atoms with Crippen LogP contribution in [0.5, 0.6) is 5.75 Å². The number of carbonyl (C=O) groups is 3. The maximum atomic E-state index is 13.9. The number of carbonyl (C=O) groups excluding carboxylic acids is 3. The van der Waals surface area contributed by atoms with Crippen molar-refractivity contribution < 1.29 is 24.2 Å². The molecule has 2 saturated carbocycles. The van der Waals surface area contributed by atoms with Gasteiger partial charge in [0.15, 0.2) is 5.78 Å². The second kappa shape index (κ2) is 7.71. The van der Waals surface area contributed by atoms with Crippen LogP contribution in [0.15, 0.2) is 24.3 Å². The van der Waals surface area contributed by atoms with Gasteiger partial charge in [-0.05, 0) is 68.2 Å². The maximum Gasteiger partial charge on any atom is 0.322 e. The number of urea groups is 1. The smallest absolute Gasteiger partial charge is 0.322 e. The van der Waals surface area contributed by atoms with Crippen molar-refractivity contribution in [2.75, 3.05) is 20.2 Å². The van der Waals surface area contributed by atoms with Gasteiger partial charge >= 0.3 is 6.03 Å². The van der Waals surface area contributed by atoms with Crippen LogP contribution in [-0.4, -0.2) is 65.1 Å². The number of nitrogens with one attached hydrogen (secondary N) is 2. The molecule has 0 unspecified atom stereocenters. The molecule has 0 radical (unpaired) electrons. The van der Waals surface area contributed by atoms with Crippen LogP contribution < -0.4 is 15.4 Å². The van der Waals surface area contributed by atoms with Gasteiger partial charge < -0.3 is 15.2 Å². The Labute approximate surface area is 187 Å². The largest absolute Gasteiger partial charge is 0.497 e. The number of ketones is 1. The highest BCUT2D eigenvalue weighted by Gasteiger charge is 2.55. The summed E-state index contributed by atoms with van der Waals surface area (Å²) in [7, 11) is 1.59. The number of aliphatic hydroxyl groups is 1. The van der Waals surface area contributed by atoms with Gasteiger partial charge in [-0.25, -0.2) is 4.79 Å². The third-order valence-corrected chi connectivity index (χ3v) is 7.46. The van der Waals surface area contributed by atoms with E-state index >= 15 is 0 Å². The third kappa shape index (κ3) is 3.61. The summed E-state index contributed by atoms with van der Waals surface area (Å²) in [6, 6.07) is 4.18. The fourth-order valence-corrected chi connectivity index (χ4v) is 5.42. The van der Waals surface area contributed by atoms with Crippen LogP contribution in [0.4, 0.5) is 4.79 Å². The van der Waals surface area contributed by atoms with Crippen molar-refractivity contribution in [1.82, 2.24) is 15.5 Å². The van der Waals surface area contributed by atoms with E-state index in [4.69, 9.17) is 4.74 Å². The van der Waals surface area contributed by atoms with E-state index in [1.54, 1.807) is 19.2 Å². The molecule has 8 nitrogen and oxygen atoms in total. The highest BCUT2D eigenvalue weighted by molar-refractivity contribution is 6.07. The molecular weight excluding hydrogens is 410 g/mol. The van der Waals surface area contributed by atoms with E-state index in [0.717, 1.165) is 24.9 Å². The van der Waals surface area contributed by atoms with Crippen LogP contribution in [0.3, 0.4) is 0 Å². The lowest BCUT2D eigenvalue weighted by Gasteiger charge is -2.47. The summed E-state index contributed by atoms with van der Waals surface area (Å²) in [5.41, 5.74) is -0.926. The standard InChI is InChI=1S/C24H29N3O5/c1-32-17-6-7-18-16(13-17)3-2-12-27(14-15-4-5-15)20(19(18)28)24(31)10-8-23(9-11-24)21(29)25-22(30)26-23/h2-3,6-7,13,15,20,31H,4-5,8-12,14H2,1H3,(H2,25,26,29,30)/b3-2+/t20-,23?,24?/m1/s1. The fourth-order valence-electron chi connectivity index (χ4n) is 5.42. The van der Waals surface area contributed by atoms with E-state index in [1.807, 2.05) is 18.2 Å². The number of benzene rings is 1. The number of methoxy groups -OCH3 is 1. The summed E-state index contributed by atoms with van der Waals surface area (Å²) in [4.78, 5) is 40.1. The lowest BCUT2D eigenvalue weighted by atomic mass is 9.69. The molecule has 2 heterocycles. The molecule has 3 amide bonds. The molecule has 1 spiro atoms. The topological polar surface area (TPSA) is 108 Å². The molecule has 170 valence electrons. The van der Waals surface area contributed by atoms with Crippen molar-refractivity contribution in [2.24, 2.45) is 5.92 Å². The van der Waals surface area contributed by atoms with Crippen molar-refractivity contribution in [2.45, 2.75) is 55.7 Å². The molecule has 3 N–H and O–H groups in total. The second-order valence-corrected chi connectivity index (χ2v) is 9.61. The first-order valence-electron chi connectivity index (χ1n) is 11.3. The van der Waals surface area contributed by atoms with Gasteiger partial charge in [0.25, 0.3) is 5.91 Å². The molecule has 2 aliphatic heterocycles. The highest BCUT2D eigenvalue weighted by atomic mass is 16.5. The van der Waals surface area contributed by atoms with Gasteiger partial charge in [-0.2, -0.15) is 0 Å². The van der Waals surface area contributed by atoms with E-state index in [-0.39, 0.29) is 24.5 Å². The SMILES string of the molecule is COc1ccc2c(c1)/C=C/CN(CC1CC1)[C@@H](C1(O)CCC3(CC1)NC(=O)NC3=O)C2=O. The molecule has 32 heavy (non-hydrogen) atoms. The van der Waals surface area contributed by atoms with Gasteiger partial charge in [0.05, 0.1) is 12.7 Å². The summed E-state index contributed by atoms with van der Waals surface area (Å²) in [5, 5.41) is 16.9. The van der Waals surface area contributed by atoms with Gasteiger partial charge in [-0.15, -0.1) is 0 Å². The number of ether oxygens (including phenoxy) is 1. The number of rotatable bonds is 4. The second-order valence-electron chi connectivity index (χ2n) is 9.61. The Morgan fingerprint density at radius 2 is 1.91 bits per heavy atom. The highest BCUT2D eigenvalue weighted by Crippen LogP contribution is 2.42. The first-order valence-corrected chi connectivity index (χ1v) is 11.3. The van der Waals surface area contributed by atoms with Crippen LogP contribution in [0.2, 0.25) is 0 Å². The number of imide groups is 1. The van der Waals surface area contributed by atoms with Gasteiger partial charge in [-0.3, -0.25) is 19.8 Å². The van der Waals surface area contributed by atoms with E-state index < -0.39 is 23.2 Å². The molecule has 0 bridgehead atoms. The third-order valence-electron chi connectivity index (χ3n) is 7.46. The van der Waals surface area contributed by atoms with Crippen LogP contribution in [0, 0.1) is 5.92 Å². The monoisotopic (exact) mass is 439 g/mol. The zero-order chi connectivity index (χ0) is 22.5. The van der Waals surface area contributed by atoms with Crippen molar-refractivity contribution in [1.29, 1.82) is 0 Å². The van der Waals surface area contributed by atoms with Gasteiger partial charge in [0, 0.05) is 18.7 Å². The van der Waals surface area contributed by atoms with Gasteiger partial charge in [-0.1, -0.05) is 12.2 Å². The number of nitrogens with zero attached hydrogens (tertiary/aromatic N) is 1. The van der Waals surface area contributed by atoms with E-state index in [0.29, 0.717) is 36.6 Å². The summed E-state index contributed by atoms with van der Waals surface area (Å²) >= 11 is 0. The van der Waals surface area contributed by atoms with E-state index in [9.17, 15) is 19.5 Å². The zero-order valence-electron chi connectivity index (χ0n) is 18.2. The van der Waals surface area contributed by atoms with Crippen molar-refractivity contribution in [3.63, 3.8) is 0 Å². The lowest BCUT2D eigenvalue weighted by molar-refractivity contribution is -0.129. The molecule has 2 aliphatic carbocycles. The minimum absolute atomic E-state index is 0.106. The number of Topliss-reactive ketones (excluding diaryl/α,β-unsaturated/α-hetero) is 1. The van der Waals surface area contributed by atoms with Crippen LogP contribution >= 0.6 is 0 Å². The first-order chi connectivity index (χ1) is 15.3. The number of fused-ring (bicyclic) bond motifs is 1.